The summed E-state index contributed by atoms with van der Waals surface area (Å²) >= 11 is 0. The van der Waals surface area contributed by atoms with Gasteiger partial charge in [0.05, 0.1) is 5.69 Å². The molecule has 2 atom stereocenters. The second-order valence-corrected chi connectivity index (χ2v) is 24.4. The van der Waals surface area contributed by atoms with Crippen molar-refractivity contribution in [3.63, 3.8) is 0 Å². The lowest BCUT2D eigenvalue weighted by molar-refractivity contribution is 0.411. The van der Waals surface area contributed by atoms with Crippen molar-refractivity contribution in [1.29, 1.82) is 0 Å². The highest BCUT2D eigenvalue weighted by Crippen LogP contribution is 2.62. The van der Waals surface area contributed by atoms with Gasteiger partial charge in [0.1, 0.15) is 0 Å². The minimum atomic E-state index is -0.224. The Morgan fingerprint density at radius 1 is 0.457 bits per heavy atom. The van der Waals surface area contributed by atoms with Crippen molar-refractivity contribution in [2.75, 3.05) is 4.90 Å². The summed E-state index contributed by atoms with van der Waals surface area (Å²) in [5.74, 6) is 0.362. The van der Waals surface area contributed by atoms with Crippen LogP contribution in [0.4, 0.5) is 17.1 Å². The van der Waals surface area contributed by atoms with Crippen molar-refractivity contribution >= 4 is 33.8 Å². The van der Waals surface area contributed by atoms with Crippen LogP contribution in [0.5, 0.6) is 0 Å². The van der Waals surface area contributed by atoms with E-state index in [0.717, 1.165) is 0 Å². The van der Waals surface area contributed by atoms with Crippen LogP contribution in [-0.4, -0.2) is 0 Å². The van der Waals surface area contributed by atoms with Gasteiger partial charge in [-0.2, -0.15) is 0 Å². The molecule has 7 aromatic carbocycles. The van der Waals surface area contributed by atoms with Gasteiger partial charge in [0.15, 0.2) is 0 Å². The summed E-state index contributed by atoms with van der Waals surface area (Å²) in [6, 6.07) is 60.5. The molecule has 0 fully saturated rings. The predicted molar refractivity (Wildman–Crippen MR) is 301 cm³/mol. The summed E-state index contributed by atoms with van der Waals surface area (Å²) in [6.07, 6.45) is 11.9. The van der Waals surface area contributed by atoms with Gasteiger partial charge < -0.3 is 4.90 Å². The number of rotatable bonds is 7. The van der Waals surface area contributed by atoms with Crippen LogP contribution in [0.1, 0.15) is 139 Å². The van der Waals surface area contributed by atoms with E-state index in [1.54, 1.807) is 0 Å². The van der Waals surface area contributed by atoms with Crippen LogP contribution in [0.3, 0.4) is 0 Å². The Kier molecular flexibility index (Phi) is 10.6. The van der Waals surface area contributed by atoms with Gasteiger partial charge in [-0.1, -0.05) is 241 Å². The maximum atomic E-state index is 2.56. The third-order valence-electron chi connectivity index (χ3n) is 16.4. The number of fused-ring (bicyclic) bond motifs is 6. The zero-order valence-corrected chi connectivity index (χ0v) is 43.5. The van der Waals surface area contributed by atoms with Crippen molar-refractivity contribution < 1.29 is 0 Å². The summed E-state index contributed by atoms with van der Waals surface area (Å²) in [5.41, 5.74) is 24.7. The number of allylic oxidation sites excluding steroid dienone is 8. The molecule has 0 saturated carbocycles. The van der Waals surface area contributed by atoms with Gasteiger partial charge in [0, 0.05) is 39.6 Å². The molecule has 4 aliphatic rings. The molecule has 7 aromatic rings. The lowest BCUT2D eigenvalue weighted by Crippen LogP contribution is -2.29. The standard InChI is InChI=1S/C69H69N/c1-65(2,3)49-38-48(39-50(40-49)66(4,5)6)55-35-34-54(46-28-26-44(27-29-46)47-36-37-67(7,8)43-47)63-58-33-31-52(42-61(58)69(11,12)64(55)63)70(62-25-19-17-22-53(62)45-20-14-13-15-21-45)51-30-32-57-56-23-16-18-24-59(56)68(9,10)60(57)41-51/h13-43,63-64H,1-12H3. The molecule has 70 heavy (non-hydrogen) atoms. The van der Waals surface area contributed by atoms with Gasteiger partial charge in [0.2, 0.25) is 0 Å². The molecule has 1 nitrogen and oxygen atoms in total. The maximum absolute atomic E-state index is 2.56. The summed E-state index contributed by atoms with van der Waals surface area (Å²) in [6.45, 7) is 28.5. The normalized spacial score (nSPS) is 19.1. The van der Waals surface area contributed by atoms with Crippen LogP contribution in [0.2, 0.25) is 0 Å². The molecule has 1 heteroatoms. The van der Waals surface area contributed by atoms with Crippen LogP contribution in [0.25, 0.3) is 39.0 Å². The second-order valence-electron chi connectivity index (χ2n) is 24.4. The van der Waals surface area contributed by atoms with E-state index in [1.165, 1.54) is 106 Å². The fourth-order valence-electron chi connectivity index (χ4n) is 12.4. The van der Waals surface area contributed by atoms with Gasteiger partial charge in [0.25, 0.3) is 0 Å². The van der Waals surface area contributed by atoms with E-state index in [4.69, 9.17) is 0 Å². The van der Waals surface area contributed by atoms with E-state index in [1.807, 2.05) is 0 Å². The van der Waals surface area contributed by atoms with E-state index in [9.17, 15) is 0 Å². The zero-order chi connectivity index (χ0) is 49.1. The first-order chi connectivity index (χ1) is 33.2. The topological polar surface area (TPSA) is 3.24 Å². The van der Waals surface area contributed by atoms with Crippen molar-refractivity contribution in [1.82, 2.24) is 0 Å². The molecule has 0 spiro atoms. The lowest BCUT2D eigenvalue weighted by Gasteiger charge is -2.38. The van der Waals surface area contributed by atoms with Gasteiger partial charge in [-0.15, -0.1) is 0 Å². The molecule has 0 amide bonds. The molecule has 0 radical (unpaired) electrons. The van der Waals surface area contributed by atoms with Crippen LogP contribution in [0.15, 0.2) is 188 Å². The molecule has 11 rings (SSSR count). The zero-order valence-electron chi connectivity index (χ0n) is 43.5. The summed E-state index contributed by atoms with van der Waals surface area (Å²) < 4.78 is 0. The Labute approximate surface area is 419 Å². The number of nitrogens with zero attached hydrogens (tertiary/aromatic N) is 1. The average Bonchev–Trinajstić information content (AvgIpc) is 3.91. The number of hydrogen-bond acceptors (Lipinski definition) is 1. The smallest absolute Gasteiger partial charge is 0.0540 e. The Hall–Kier alpha value is -6.70. The van der Waals surface area contributed by atoms with Crippen molar-refractivity contribution in [2.45, 2.75) is 111 Å². The maximum Gasteiger partial charge on any atom is 0.0540 e. The van der Waals surface area contributed by atoms with Gasteiger partial charge in [-0.05, 0) is 130 Å². The SMILES string of the molecule is CC1(C)C=CC(c2ccc(C3=CC=C(c4cc(C(C)(C)C)cc(C(C)(C)C)c4)C4C3c3ccc(N(c5ccc6c(c5)C(C)(C)c5ccccc5-6)c5ccccc5-c5ccccc5)cc3C4(C)C)cc2)=C1. The first-order valence-electron chi connectivity index (χ1n) is 25.7. The van der Waals surface area contributed by atoms with Crippen molar-refractivity contribution in [2.24, 2.45) is 11.3 Å². The van der Waals surface area contributed by atoms with Gasteiger partial charge in [-0.25, -0.2) is 0 Å². The molecule has 0 aliphatic heterocycles. The van der Waals surface area contributed by atoms with Crippen LogP contribution in [0, 0.1) is 11.3 Å². The molecule has 4 aliphatic carbocycles. The lowest BCUT2D eigenvalue weighted by atomic mass is 9.65. The minimum Gasteiger partial charge on any atom is -0.310 e. The molecule has 2 unspecified atom stereocenters. The molecule has 0 bridgehead atoms. The van der Waals surface area contributed by atoms with E-state index >= 15 is 0 Å². The van der Waals surface area contributed by atoms with E-state index in [0.29, 0.717) is 0 Å². The second kappa shape index (κ2) is 16.2. The number of anilines is 3. The Bertz CT molecular complexity index is 3310. The highest BCUT2D eigenvalue weighted by molar-refractivity contribution is 5.93. The highest BCUT2D eigenvalue weighted by Gasteiger charge is 2.51. The fraction of sp³-hybridized carbons (Fsp3) is 0.275. The predicted octanol–water partition coefficient (Wildman–Crippen LogP) is 18.9. The minimum absolute atomic E-state index is 0.00463. The molecular weight excluding hydrogens is 843 g/mol. The Morgan fingerprint density at radius 2 is 1.03 bits per heavy atom. The number of benzene rings is 7. The summed E-state index contributed by atoms with van der Waals surface area (Å²) in [5, 5.41) is 0. The fourth-order valence-corrected chi connectivity index (χ4v) is 12.4. The van der Waals surface area contributed by atoms with Gasteiger partial charge in [-0.3, -0.25) is 0 Å². The Balaban J connectivity index is 1.11. The molecular formula is C69H69N. The van der Waals surface area contributed by atoms with Crippen LogP contribution < -0.4 is 4.90 Å². The third kappa shape index (κ3) is 7.60. The number of hydrogen-bond donors (Lipinski definition) is 0. The largest absolute Gasteiger partial charge is 0.310 e. The summed E-state index contributed by atoms with van der Waals surface area (Å²) in [7, 11) is 0. The Morgan fingerprint density at radius 3 is 1.69 bits per heavy atom. The van der Waals surface area contributed by atoms with Gasteiger partial charge >= 0.3 is 0 Å². The highest BCUT2D eigenvalue weighted by atomic mass is 15.1. The average molecular weight is 912 g/mol. The van der Waals surface area contributed by atoms with E-state index in [-0.39, 0.29) is 38.9 Å². The van der Waals surface area contributed by atoms with Crippen LogP contribution in [-0.2, 0) is 21.7 Å². The third-order valence-corrected chi connectivity index (χ3v) is 16.4. The molecule has 350 valence electrons. The monoisotopic (exact) mass is 912 g/mol. The van der Waals surface area contributed by atoms with E-state index < -0.39 is 0 Å². The first-order valence-corrected chi connectivity index (χ1v) is 25.7. The molecule has 0 saturated heterocycles. The first kappa shape index (κ1) is 45.7. The molecule has 0 N–H and O–H groups in total. The molecule has 0 heterocycles. The van der Waals surface area contributed by atoms with Crippen molar-refractivity contribution in [3.8, 4) is 22.3 Å². The van der Waals surface area contributed by atoms with Crippen LogP contribution >= 0.6 is 0 Å². The quantitative estimate of drug-likeness (QED) is 0.154. The number of para-hydroxylation sites is 1. The van der Waals surface area contributed by atoms with E-state index in [2.05, 4.69) is 276 Å². The molecule has 0 aromatic heterocycles. The summed E-state index contributed by atoms with van der Waals surface area (Å²) in [4.78, 5) is 2.54. The van der Waals surface area contributed by atoms with Crippen molar-refractivity contribution in [3.05, 3.63) is 238 Å².